The van der Waals surface area contributed by atoms with E-state index < -0.39 is 24.2 Å². The Morgan fingerprint density at radius 2 is 1.00 bits per heavy atom. The zero-order valence-electron chi connectivity index (χ0n) is 34.9. The topological polar surface area (TPSA) is 51.8 Å². The third-order valence-corrected chi connectivity index (χ3v) is 9.05. The maximum atomic E-state index is 9.69. The molecule has 8 aromatic carbocycles. The van der Waals surface area contributed by atoms with E-state index in [-0.39, 0.29) is 73.8 Å². The molecule has 0 amide bonds. The van der Waals surface area contributed by atoms with E-state index in [9.17, 15) is 5.48 Å². The highest BCUT2D eigenvalue weighted by atomic mass is 16.3. The summed E-state index contributed by atoms with van der Waals surface area (Å²) in [4.78, 5) is 14.6. The average molecular weight is 660 g/mol. The Kier molecular flexibility index (Phi) is 5.12. The van der Waals surface area contributed by atoms with Crippen molar-refractivity contribution in [1.29, 1.82) is 0 Å². The van der Waals surface area contributed by atoms with Crippen LogP contribution in [0, 0.1) is 0 Å². The molecule has 0 bridgehead atoms. The number of nitrogens with zero attached hydrogens (tertiary/aromatic N) is 3. The minimum Gasteiger partial charge on any atom is -0.455 e. The molecule has 0 aliphatic heterocycles. The lowest BCUT2D eigenvalue weighted by molar-refractivity contribution is 0.670. The van der Waals surface area contributed by atoms with Crippen molar-refractivity contribution in [3.8, 4) is 56.4 Å². The summed E-state index contributed by atoms with van der Waals surface area (Å²) in [6, 6.07) is 37.3. The van der Waals surface area contributed by atoms with Gasteiger partial charge in [0.2, 0.25) is 0 Å². The molecule has 4 heteroatoms. The fourth-order valence-corrected chi connectivity index (χ4v) is 6.53. The summed E-state index contributed by atoms with van der Waals surface area (Å²) >= 11 is 0. The molecule has 0 saturated carbocycles. The predicted octanol–water partition coefficient (Wildman–Crippen LogP) is 12.4. The average Bonchev–Trinajstić information content (AvgIpc) is 3.67. The van der Waals surface area contributed by atoms with Crippen molar-refractivity contribution in [1.82, 2.24) is 15.0 Å². The van der Waals surface area contributed by atoms with E-state index in [1.54, 1.807) is 0 Å². The summed E-state index contributed by atoms with van der Waals surface area (Å²) in [7, 11) is 0. The summed E-state index contributed by atoms with van der Waals surface area (Å²) in [5.74, 6) is 0.645. The fraction of sp³-hybridized carbons (Fsp3) is 0. The lowest BCUT2D eigenvalue weighted by Crippen LogP contribution is -2.00. The predicted molar refractivity (Wildman–Crippen MR) is 209 cm³/mol. The van der Waals surface area contributed by atoms with Gasteiger partial charge in [0.15, 0.2) is 17.5 Å². The van der Waals surface area contributed by atoms with Crippen molar-refractivity contribution < 1.29 is 15.4 Å². The number of hydrogen-bond donors (Lipinski definition) is 0. The van der Waals surface area contributed by atoms with Gasteiger partial charge in [-0.05, 0) is 68.5 Å². The van der Waals surface area contributed by atoms with Crippen molar-refractivity contribution in [2.75, 3.05) is 0 Å². The van der Waals surface area contributed by atoms with Crippen molar-refractivity contribution in [3.05, 3.63) is 176 Å². The smallest absolute Gasteiger partial charge is 0.164 e. The SMILES string of the molecule is [2H]c1c([2H])c(-c2nc(-c3ccccc3)nc(-c3ccccc3)n2)c2c(oc3c([2H])c4c([2H])c([2H])c([2H])c([2H])c4c([2H])c32)c1-c1ccc(-c2ccc3ccccc3c2)cc1. The second kappa shape index (κ2) is 11.9. The molecule has 0 unspecified atom stereocenters. The Morgan fingerprint density at radius 1 is 0.431 bits per heavy atom. The molecule has 10 rings (SSSR count). The van der Waals surface area contributed by atoms with E-state index >= 15 is 0 Å². The van der Waals surface area contributed by atoms with E-state index in [1.165, 1.54) is 0 Å². The van der Waals surface area contributed by atoms with Gasteiger partial charge in [0.1, 0.15) is 11.2 Å². The van der Waals surface area contributed by atoms with Gasteiger partial charge in [0.25, 0.3) is 0 Å². The Morgan fingerprint density at radius 3 is 1.71 bits per heavy atom. The van der Waals surface area contributed by atoms with Gasteiger partial charge in [0, 0.05) is 33.0 Å². The molecule has 238 valence electrons. The third-order valence-electron chi connectivity index (χ3n) is 9.05. The van der Waals surface area contributed by atoms with Gasteiger partial charge >= 0.3 is 0 Å². The van der Waals surface area contributed by atoms with Crippen LogP contribution in [0.25, 0.3) is 99.9 Å². The molecule has 0 radical (unpaired) electrons. The largest absolute Gasteiger partial charge is 0.455 e. The van der Waals surface area contributed by atoms with Crippen molar-refractivity contribution >= 4 is 43.5 Å². The molecule has 0 aliphatic rings. The van der Waals surface area contributed by atoms with Gasteiger partial charge in [0.05, 0.1) is 11.0 Å². The Labute approximate surface area is 305 Å². The molecule has 51 heavy (non-hydrogen) atoms. The highest BCUT2D eigenvalue weighted by molar-refractivity contribution is 6.18. The highest BCUT2D eigenvalue weighted by Gasteiger charge is 2.21. The molecule has 2 heterocycles. The number of furan rings is 1. The van der Waals surface area contributed by atoms with Gasteiger partial charge in [-0.1, -0.05) is 145 Å². The standard InChI is InChI=1S/C47H29N3O/c1-3-12-33(13-4-1)45-48-46(34-14-5-2-6-15-34)50-47(49-45)40-26-25-39(44-43(40)41-28-36-17-9-10-18-37(36)29-42(41)51-44)32-22-19-31(20-23-32)38-24-21-30-11-7-8-16-35(30)27-38/h1-29H/i9D,10D,17D,18D,25D,26D,28D,29D. The summed E-state index contributed by atoms with van der Waals surface area (Å²) in [6.45, 7) is 0. The van der Waals surface area contributed by atoms with Gasteiger partial charge in [-0.3, -0.25) is 0 Å². The second-order valence-corrected chi connectivity index (χ2v) is 12.2. The van der Waals surface area contributed by atoms with Gasteiger partial charge in [-0.15, -0.1) is 0 Å². The number of hydrogen-bond acceptors (Lipinski definition) is 4. The molecule has 4 nitrogen and oxygen atoms in total. The van der Waals surface area contributed by atoms with E-state index in [4.69, 9.17) is 24.9 Å². The van der Waals surface area contributed by atoms with Gasteiger partial charge in [-0.25, -0.2) is 15.0 Å². The zero-order valence-corrected chi connectivity index (χ0v) is 26.9. The van der Waals surface area contributed by atoms with E-state index in [0.717, 1.165) is 21.9 Å². The van der Waals surface area contributed by atoms with Crippen LogP contribution in [0.1, 0.15) is 11.0 Å². The molecule has 0 spiro atoms. The first-order chi connectivity index (χ1) is 28.6. The van der Waals surface area contributed by atoms with Gasteiger partial charge in [-0.2, -0.15) is 0 Å². The lowest BCUT2D eigenvalue weighted by atomic mass is 9.95. The van der Waals surface area contributed by atoms with Crippen LogP contribution in [0.5, 0.6) is 0 Å². The summed E-state index contributed by atoms with van der Waals surface area (Å²) < 4.78 is 79.1. The first-order valence-electron chi connectivity index (χ1n) is 20.5. The van der Waals surface area contributed by atoms with E-state index in [0.29, 0.717) is 28.3 Å². The zero-order chi connectivity index (χ0) is 40.7. The van der Waals surface area contributed by atoms with E-state index in [1.807, 2.05) is 103 Å². The van der Waals surface area contributed by atoms with Gasteiger partial charge < -0.3 is 4.42 Å². The molecular formula is C47H29N3O. The quantitative estimate of drug-likeness (QED) is 0.184. The molecule has 0 N–H and O–H groups in total. The first kappa shape index (κ1) is 21.9. The molecule has 0 atom stereocenters. The third kappa shape index (κ3) is 5.13. The minimum absolute atomic E-state index is 0.0306. The van der Waals surface area contributed by atoms with Crippen molar-refractivity contribution in [3.63, 3.8) is 0 Å². The van der Waals surface area contributed by atoms with Crippen LogP contribution >= 0.6 is 0 Å². The number of rotatable bonds is 5. The number of aromatic nitrogens is 3. The second-order valence-electron chi connectivity index (χ2n) is 12.2. The van der Waals surface area contributed by atoms with Crippen LogP contribution in [0.2, 0.25) is 0 Å². The fourth-order valence-electron chi connectivity index (χ4n) is 6.53. The molecule has 0 fully saturated rings. The lowest BCUT2D eigenvalue weighted by Gasteiger charge is -2.11. The summed E-state index contributed by atoms with van der Waals surface area (Å²) in [5.41, 5.74) is 4.09. The maximum Gasteiger partial charge on any atom is 0.164 e. The normalized spacial score (nSPS) is 13.7. The monoisotopic (exact) mass is 659 g/mol. The molecule has 2 aromatic heterocycles. The Balaban J connectivity index is 1.31. The molecule has 0 saturated heterocycles. The van der Waals surface area contributed by atoms with Crippen LogP contribution < -0.4 is 0 Å². The van der Waals surface area contributed by atoms with Crippen molar-refractivity contribution in [2.24, 2.45) is 0 Å². The van der Waals surface area contributed by atoms with E-state index in [2.05, 4.69) is 24.3 Å². The summed E-state index contributed by atoms with van der Waals surface area (Å²) in [5, 5.41) is 2.11. The van der Waals surface area contributed by atoms with Crippen LogP contribution in [-0.4, -0.2) is 15.0 Å². The van der Waals surface area contributed by atoms with Crippen LogP contribution in [0.3, 0.4) is 0 Å². The first-order valence-corrected chi connectivity index (χ1v) is 16.5. The Hall–Kier alpha value is -6.91. The van der Waals surface area contributed by atoms with Crippen LogP contribution in [-0.2, 0) is 0 Å². The molecule has 10 aromatic rings. The Bertz CT molecular complexity index is 3300. The summed E-state index contributed by atoms with van der Waals surface area (Å²) in [6.07, 6.45) is 0. The molecular weight excluding hydrogens is 623 g/mol. The minimum atomic E-state index is -0.540. The van der Waals surface area contributed by atoms with Crippen molar-refractivity contribution in [2.45, 2.75) is 0 Å². The number of benzene rings is 8. The maximum absolute atomic E-state index is 9.69. The molecule has 0 aliphatic carbocycles. The van der Waals surface area contributed by atoms with Crippen LogP contribution in [0.4, 0.5) is 0 Å². The number of fused-ring (bicyclic) bond motifs is 5. The highest BCUT2D eigenvalue weighted by Crippen LogP contribution is 2.43. The van der Waals surface area contributed by atoms with Crippen LogP contribution in [0.15, 0.2) is 180 Å².